The third-order valence-electron chi connectivity index (χ3n) is 3.15. The summed E-state index contributed by atoms with van der Waals surface area (Å²) < 4.78 is 7.08. The molecule has 3 heteroatoms. The number of ether oxygens (including phenoxy) is 1. The van der Waals surface area contributed by atoms with E-state index in [0.717, 1.165) is 22.6 Å². The minimum atomic E-state index is 0.121. The summed E-state index contributed by atoms with van der Waals surface area (Å²) in [6.45, 7) is 0.660. The molecular formula is C15H13NO2. The zero-order chi connectivity index (χ0) is 12.5. The van der Waals surface area contributed by atoms with Crippen molar-refractivity contribution in [3.05, 3.63) is 59.4 Å². The van der Waals surface area contributed by atoms with Crippen LogP contribution in [0.2, 0.25) is 0 Å². The molecule has 0 aliphatic carbocycles. The van der Waals surface area contributed by atoms with Crippen LogP contribution in [-0.2, 0) is 6.54 Å². The highest BCUT2D eigenvalue weighted by atomic mass is 16.5. The number of rotatable bonds is 2. The number of hydrogen-bond acceptors (Lipinski definition) is 2. The number of fused-ring (bicyclic) bond motifs is 1. The second-order valence-corrected chi connectivity index (χ2v) is 4.29. The number of nitrogens with zero attached hydrogens (tertiary/aromatic N) is 1. The van der Waals surface area contributed by atoms with Gasteiger partial charge in [-0.05, 0) is 35.9 Å². The van der Waals surface area contributed by atoms with E-state index < -0.39 is 0 Å². The molecule has 1 aromatic heterocycles. The number of benzene rings is 1. The van der Waals surface area contributed by atoms with Crippen LogP contribution >= 0.6 is 0 Å². The Balaban J connectivity index is 1.89. The topological polar surface area (TPSA) is 31.2 Å². The molecule has 0 amide bonds. The Hall–Kier alpha value is -2.29. The molecular weight excluding hydrogens is 226 g/mol. The van der Waals surface area contributed by atoms with E-state index in [1.54, 1.807) is 7.11 Å². The zero-order valence-corrected chi connectivity index (χ0v) is 10.1. The van der Waals surface area contributed by atoms with E-state index in [-0.39, 0.29) is 5.78 Å². The van der Waals surface area contributed by atoms with Crippen molar-refractivity contribution in [1.29, 1.82) is 0 Å². The number of carbonyl (C=O) groups is 1. The number of hydrogen-bond donors (Lipinski definition) is 0. The van der Waals surface area contributed by atoms with Crippen molar-refractivity contribution in [2.24, 2.45) is 0 Å². The minimum absolute atomic E-state index is 0.121. The maximum absolute atomic E-state index is 12.1. The summed E-state index contributed by atoms with van der Waals surface area (Å²) in [7, 11) is 1.64. The van der Waals surface area contributed by atoms with Gasteiger partial charge in [-0.1, -0.05) is 12.1 Å². The van der Waals surface area contributed by atoms with Gasteiger partial charge in [-0.15, -0.1) is 0 Å². The zero-order valence-electron chi connectivity index (χ0n) is 10.1. The maximum Gasteiger partial charge on any atom is 0.207 e. The largest absolute Gasteiger partial charge is 0.497 e. The molecule has 1 aliphatic rings. The normalized spacial score (nSPS) is 16.1. The molecule has 1 aromatic carbocycles. The van der Waals surface area contributed by atoms with Gasteiger partial charge in [0.15, 0.2) is 0 Å². The Morgan fingerprint density at radius 1 is 1.22 bits per heavy atom. The van der Waals surface area contributed by atoms with Gasteiger partial charge in [0.2, 0.25) is 5.78 Å². The molecule has 0 fully saturated rings. The first-order valence-electron chi connectivity index (χ1n) is 5.82. The van der Waals surface area contributed by atoms with Gasteiger partial charge in [0.25, 0.3) is 0 Å². The Bertz CT molecular complexity index is 620. The highest BCUT2D eigenvalue weighted by molar-refractivity contribution is 6.12. The summed E-state index contributed by atoms with van der Waals surface area (Å²) in [5.74, 6) is 0.942. The molecule has 90 valence electrons. The quantitative estimate of drug-likeness (QED) is 0.754. The van der Waals surface area contributed by atoms with E-state index in [2.05, 4.69) is 0 Å². The molecule has 3 rings (SSSR count). The molecule has 2 aromatic rings. The number of carbonyl (C=O) groups excluding carboxylic acids is 1. The summed E-state index contributed by atoms with van der Waals surface area (Å²) in [6.07, 6.45) is 3.87. The van der Waals surface area contributed by atoms with Crippen molar-refractivity contribution in [3.8, 4) is 5.75 Å². The van der Waals surface area contributed by atoms with Crippen LogP contribution in [0.4, 0.5) is 0 Å². The van der Waals surface area contributed by atoms with Crippen LogP contribution in [0.15, 0.2) is 48.2 Å². The fourth-order valence-electron chi connectivity index (χ4n) is 2.19. The molecule has 2 heterocycles. The summed E-state index contributed by atoms with van der Waals surface area (Å²) in [4.78, 5) is 12.1. The van der Waals surface area contributed by atoms with E-state index in [0.29, 0.717) is 6.54 Å². The van der Waals surface area contributed by atoms with Gasteiger partial charge in [-0.3, -0.25) is 4.79 Å². The molecule has 0 N–H and O–H groups in total. The molecule has 3 nitrogen and oxygen atoms in total. The monoisotopic (exact) mass is 239 g/mol. The van der Waals surface area contributed by atoms with Gasteiger partial charge in [0.1, 0.15) is 5.75 Å². The van der Waals surface area contributed by atoms with Crippen molar-refractivity contribution < 1.29 is 9.53 Å². The Morgan fingerprint density at radius 2 is 2.00 bits per heavy atom. The number of aromatic nitrogens is 1. The van der Waals surface area contributed by atoms with Crippen LogP contribution in [0.25, 0.3) is 6.08 Å². The van der Waals surface area contributed by atoms with Crippen molar-refractivity contribution >= 4 is 11.9 Å². The van der Waals surface area contributed by atoms with Crippen LogP contribution in [0.3, 0.4) is 0 Å². The average molecular weight is 239 g/mol. The lowest BCUT2D eigenvalue weighted by molar-refractivity contribution is 0.103. The first kappa shape index (κ1) is 10.8. The van der Waals surface area contributed by atoms with Gasteiger partial charge >= 0.3 is 0 Å². The average Bonchev–Trinajstić information content (AvgIpc) is 2.95. The van der Waals surface area contributed by atoms with Gasteiger partial charge in [-0.2, -0.15) is 0 Å². The third kappa shape index (κ3) is 1.74. The molecule has 0 bridgehead atoms. The summed E-state index contributed by atoms with van der Waals surface area (Å²) in [5.41, 5.74) is 2.62. The Morgan fingerprint density at radius 3 is 2.67 bits per heavy atom. The van der Waals surface area contributed by atoms with E-state index in [1.807, 2.05) is 53.2 Å². The molecule has 0 unspecified atom stereocenters. The SMILES string of the molecule is COc1ccc(/C=C2\Cn3cccc3C2=O)cc1. The predicted octanol–water partition coefficient (Wildman–Crippen LogP) is 2.78. The summed E-state index contributed by atoms with van der Waals surface area (Å²) in [5, 5.41) is 0. The van der Waals surface area contributed by atoms with Crippen LogP contribution < -0.4 is 4.74 Å². The van der Waals surface area contributed by atoms with Crippen molar-refractivity contribution in [1.82, 2.24) is 4.57 Å². The van der Waals surface area contributed by atoms with E-state index in [1.165, 1.54) is 0 Å². The molecule has 0 radical (unpaired) electrons. The number of methoxy groups -OCH3 is 1. The van der Waals surface area contributed by atoms with Crippen molar-refractivity contribution in [2.45, 2.75) is 6.54 Å². The highest BCUT2D eigenvalue weighted by Crippen LogP contribution is 2.23. The highest BCUT2D eigenvalue weighted by Gasteiger charge is 2.23. The predicted molar refractivity (Wildman–Crippen MR) is 69.7 cm³/mol. The summed E-state index contributed by atoms with van der Waals surface area (Å²) >= 11 is 0. The first-order valence-corrected chi connectivity index (χ1v) is 5.82. The van der Waals surface area contributed by atoms with E-state index in [4.69, 9.17) is 4.74 Å². The van der Waals surface area contributed by atoms with Gasteiger partial charge in [0.05, 0.1) is 19.3 Å². The fraction of sp³-hybridized carbons (Fsp3) is 0.133. The molecule has 18 heavy (non-hydrogen) atoms. The van der Waals surface area contributed by atoms with Gasteiger partial charge in [-0.25, -0.2) is 0 Å². The van der Waals surface area contributed by atoms with Gasteiger partial charge in [0, 0.05) is 11.8 Å². The first-order chi connectivity index (χ1) is 8.78. The number of allylic oxidation sites excluding steroid dienone is 1. The molecule has 0 spiro atoms. The lowest BCUT2D eigenvalue weighted by Crippen LogP contribution is -1.94. The third-order valence-corrected chi connectivity index (χ3v) is 3.15. The second-order valence-electron chi connectivity index (χ2n) is 4.29. The Labute approximate surface area is 105 Å². The van der Waals surface area contributed by atoms with Crippen LogP contribution in [-0.4, -0.2) is 17.5 Å². The maximum atomic E-state index is 12.1. The van der Waals surface area contributed by atoms with Gasteiger partial charge < -0.3 is 9.30 Å². The fourth-order valence-corrected chi connectivity index (χ4v) is 2.19. The van der Waals surface area contributed by atoms with Crippen LogP contribution in [0, 0.1) is 0 Å². The number of Topliss-reactive ketones (excluding diaryl/α,β-unsaturated/α-hetero) is 1. The lowest BCUT2D eigenvalue weighted by Gasteiger charge is -2.00. The minimum Gasteiger partial charge on any atom is -0.497 e. The van der Waals surface area contributed by atoms with Crippen LogP contribution in [0.1, 0.15) is 16.1 Å². The molecule has 1 aliphatic heterocycles. The van der Waals surface area contributed by atoms with Crippen LogP contribution in [0.5, 0.6) is 5.75 Å². The standard InChI is InChI=1S/C15H13NO2/c1-18-13-6-4-11(5-7-13)9-12-10-16-8-2-3-14(16)15(12)17/h2-9H,10H2,1H3/b12-9+. The smallest absolute Gasteiger partial charge is 0.207 e. The van der Waals surface area contributed by atoms with E-state index >= 15 is 0 Å². The second kappa shape index (κ2) is 4.18. The molecule has 0 atom stereocenters. The molecule has 0 saturated carbocycles. The van der Waals surface area contributed by atoms with Crippen molar-refractivity contribution in [2.75, 3.05) is 7.11 Å². The number of ketones is 1. The Kier molecular flexibility index (Phi) is 2.52. The van der Waals surface area contributed by atoms with E-state index in [9.17, 15) is 4.79 Å². The lowest BCUT2D eigenvalue weighted by atomic mass is 10.1. The van der Waals surface area contributed by atoms with Crippen molar-refractivity contribution in [3.63, 3.8) is 0 Å². The summed E-state index contributed by atoms with van der Waals surface area (Å²) in [6, 6.07) is 11.5. The molecule has 0 saturated heterocycles.